The number of hydrogen-bond acceptors (Lipinski definition) is 5. The molecule has 1 aliphatic rings. The fourth-order valence-corrected chi connectivity index (χ4v) is 2.47. The molecule has 2 N–H and O–H groups in total. The van der Waals surface area contributed by atoms with E-state index in [-0.39, 0.29) is 22.5 Å². The monoisotopic (exact) mass is 306 g/mol. The van der Waals surface area contributed by atoms with Crippen LogP contribution in [0.3, 0.4) is 0 Å². The van der Waals surface area contributed by atoms with Crippen LogP contribution in [0.1, 0.15) is 11.6 Å². The summed E-state index contributed by atoms with van der Waals surface area (Å²) in [7, 11) is 0. The Morgan fingerprint density at radius 2 is 2.14 bits per heavy atom. The minimum Gasteiger partial charge on any atom is -0.508 e. The summed E-state index contributed by atoms with van der Waals surface area (Å²) in [6.45, 7) is 0.395. The second-order valence-electron chi connectivity index (χ2n) is 4.65. The van der Waals surface area contributed by atoms with E-state index in [0.717, 1.165) is 5.56 Å². The SMILES string of the molecule is O=[N+]([O-])c1ccc(NC2COc3cc(O)ccc32)c(Cl)c1. The molecule has 3 rings (SSSR count). The third kappa shape index (κ3) is 2.57. The molecule has 2 aromatic rings. The number of fused-ring (bicyclic) bond motifs is 1. The summed E-state index contributed by atoms with van der Waals surface area (Å²) < 4.78 is 5.49. The smallest absolute Gasteiger partial charge is 0.271 e. The normalized spacial score (nSPS) is 16.1. The van der Waals surface area contributed by atoms with Gasteiger partial charge in [-0.15, -0.1) is 0 Å². The molecule has 0 fully saturated rings. The lowest BCUT2D eigenvalue weighted by Gasteiger charge is -2.14. The number of anilines is 1. The first-order valence-electron chi connectivity index (χ1n) is 6.21. The van der Waals surface area contributed by atoms with Crippen LogP contribution < -0.4 is 10.1 Å². The number of benzene rings is 2. The number of hydrogen-bond donors (Lipinski definition) is 2. The number of phenolic OH excluding ortho intramolecular Hbond substituents is 1. The molecule has 6 nitrogen and oxygen atoms in total. The zero-order chi connectivity index (χ0) is 15.0. The van der Waals surface area contributed by atoms with Gasteiger partial charge in [0.05, 0.1) is 21.7 Å². The number of rotatable bonds is 3. The van der Waals surface area contributed by atoms with Crippen molar-refractivity contribution in [3.8, 4) is 11.5 Å². The summed E-state index contributed by atoms with van der Waals surface area (Å²) in [5.41, 5.74) is 1.44. The second kappa shape index (κ2) is 5.14. The van der Waals surface area contributed by atoms with Gasteiger partial charge < -0.3 is 15.2 Å². The topological polar surface area (TPSA) is 84.6 Å². The first kappa shape index (κ1) is 13.5. The van der Waals surface area contributed by atoms with E-state index in [1.54, 1.807) is 24.3 Å². The Morgan fingerprint density at radius 3 is 2.86 bits per heavy atom. The molecule has 1 atom stereocenters. The van der Waals surface area contributed by atoms with Gasteiger partial charge in [0.2, 0.25) is 0 Å². The maximum atomic E-state index is 10.7. The zero-order valence-electron chi connectivity index (χ0n) is 10.7. The summed E-state index contributed by atoms with van der Waals surface area (Å²) in [6.07, 6.45) is 0. The van der Waals surface area contributed by atoms with Crippen molar-refractivity contribution < 1.29 is 14.8 Å². The van der Waals surface area contributed by atoms with Crippen LogP contribution in [0.15, 0.2) is 36.4 Å². The molecular formula is C14H11ClN2O4. The van der Waals surface area contributed by atoms with Gasteiger partial charge in [0.15, 0.2) is 0 Å². The van der Waals surface area contributed by atoms with Crippen LogP contribution in [0.2, 0.25) is 5.02 Å². The van der Waals surface area contributed by atoms with Gasteiger partial charge in [-0.25, -0.2) is 0 Å². The van der Waals surface area contributed by atoms with Crippen molar-refractivity contribution in [2.75, 3.05) is 11.9 Å². The second-order valence-corrected chi connectivity index (χ2v) is 5.06. The third-order valence-electron chi connectivity index (χ3n) is 3.27. The summed E-state index contributed by atoms with van der Waals surface area (Å²) in [4.78, 5) is 10.2. The van der Waals surface area contributed by atoms with E-state index in [4.69, 9.17) is 16.3 Å². The van der Waals surface area contributed by atoms with E-state index < -0.39 is 4.92 Å². The minimum absolute atomic E-state index is 0.0569. The molecule has 0 bridgehead atoms. The molecule has 0 aliphatic carbocycles. The van der Waals surface area contributed by atoms with Crippen molar-refractivity contribution in [3.63, 3.8) is 0 Å². The van der Waals surface area contributed by atoms with E-state index in [9.17, 15) is 15.2 Å². The molecule has 0 radical (unpaired) electrons. The Kier molecular flexibility index (Phi) is 3.31. The van der Waals surface area contributed by atoms with Crippen LogP contribution in [0.4, 0.5) is 11.4 Å². The number of nitro groups is 1. The summed E-state index contributed by atoms with van der Waals surface area (Å²) in [5.74, 6) is 0.758. The van der Waals surface area contributed by atoms with E-state index in [2.05, 4.69) is 5.32 Å². The van der Waals surface area contributed by atoms with Crippen LogP contribution in [0, 0.1) is 10.1 Å². The number of nitrogens with zero attached hydrogens (tertiary/aromatic N) is 1. The van der Waals surface area contributed by atoms with Crippen LogP contribution in [-0.2, 0) is 0 Å². The predicted molar refractivity (Wildman–Crippen MR) is 78.1 cm³/mol. The Morgan fingerprint density at radius 1 is 1.33 bits per heavy atom. The quantitative estimate of drug-likeness (QED) is 0.669. The van der Waals surface area contributed by atoms with E-state index >= 15 is 0 Å². The molecule has 7 heteroatoms. The fraction of sp³-hybridized carbons (Fsp3) is 0.143. The highest BCUT2D eigenvalue weighted by atomic mass is 35.5. The van der Waals surface area contributed by atoms with Gasteiger partial charge in [0.1, 0.15) is 18.1 Å². The largest absolute Gasteiger partial charge is 0.508 e. The van der Waals surface area contributed by atoms with Crippen LogP contribution in [0.5, 0.6) is 11.5 Å². The lowest BCUT2D eigenvalue weighted by atomic mass is 10.1. The molecule has 108 valence electrons. The molecule has 1 aliphatic heterocycles. The standard InChI is InChI=1S/C14H11ClN2O4/c15-11-5-8(17(19)20)1-4-12(11)16-13-7-21-14-6-9(18)2-3-10(13)14/h1-6,13,16,18H,7H2. The Hall–Kier alpha value is -2.47. The van der Waals surface area contributed by atoms with Crippen molar-refractivity contribution in [1.82, 2.24) is 0 Å². The molecule has 1 unspecified atom stereocenters. The number of phenols is 1. The number of nitro benzene ring substituents is 1. The van der Waals surface area contributed by atoms with Gasteiger partial charge in [0, 0.05) is 23.8 Å². The van der Waals surface area contributed by atoms with Crippen LogP contribution in [0.25, 0.3) is 0 Å². The highest BCUT2D eigenvalue weighted by molar-refractivity contribution is 6.33. The maximum absolute atomic E-state index is 10.7. The summed E-state index contributed by atoms with van der Waals surface area (Å²) >= 11 is 6.06. The average Bonchev–Trinajstić information content (AvgIpc) is 2.83. The van der Waals surface area contributed by atoms with E-state index in [1.165, 1.54) is 12.1 Å². The molecule has 0 saturated carbocycles. The van der Waals surface area contributed by atoms with Gasteiger partial charge in [0.25, 0.3) is 5.69 Å². The van der Waals surface area contributed by atoms with E-state index in [0.29, 0.717) is 18.0 Å². The third-order valence-corrected chi connectivity index (χ3v) is 3.58. The van der Waals surface area contributed by atoms with Gasteiger partial charge in [-0.05, 0) is 18.2 Å². The number of nitrogens with one attached hydrogen (secondary N) is 1. The predicted octanol–water partition coefficient (Wildman–Crippen LogP) is 3.50. The van der Waals surface area contributed by atoms with Crippen molar-refractivity contribution in [1.29, 1.82) is 0 Å². The lowest BCUT2D eigenvalue weighted by molar-refractivity contribution is -0.384. The molecule has 21 heavy (non-hydrogen) atoms. The molecule has 1 heterocycles. The summed E-state index contributed by atoms with van der Waals surface area (Å²) in [5, 5.41) is 23.6. The molecule has 0 amide bonds. The van der Waals surface area contributed by atoms with E-state index in [1.807, 2.05) is 0 Å². The van der Waals surface area contributed by atoms with Crippen LogP contribution >= 0.6 is 11.6 Å². The van der Waals surface area contributed by atoms with Crippen LogP contribution in [-0.4, -0.2) is 16.6 Å². The van der Waals surface area contributed by atoms with Crippen molar-refractivity contribution in [2.45, 2.75) is 6.04 Å². The number of non-ortho nitro benzene ring substituents is 1. The molecule has 0 aromatic heterocycles. The molecule has 0 saturated heterocycles. The maximum Gasteiger partial charge on any atom is 0.271 e. The van der Waals surface area contributed by atoms with Gasteiger partial charge >= 0.3 is 0 Å². The zero-order valence-corrected chi connectivity index (χ0v) is 11.5. The fourth-order valence-electron chi connectivity index (χ4n) is 2.24. The Balaban J connectivity index is 1.84. The van der Waals surface area contributed by atoms with Crippen molar-refractivity contribution in [3.05, 3.63) is 57.1 Å². The lowest BCUT2D eigenvalue weighted by Crippen LogP contribution is -2.12. The van der Waals surface area contributed by atoms with Crippen molar-refractivity contribution in [2.24, 2.45) is 0 Å². The number of halogens is 1. The highest BCUT2D eigenvalue weighted by Gasteiger charge is 2.25. The summed E-state index contributed by atoms with van der Waals surface area (Å²) in [6, 6.07) is 9.04. The first-order valence-corrected chi connectivity index (χ1v) is 6.58. The minimum atomic E-state index is -0.494. The Labute approximate surface area is 125 Å². The molecule has 2 aromatic carbocycles. The average molecular weight is 307 g/mol. The first-order chi connectivity index (χ1) is 10.0. The van der Waals surface area contributed by atoms with Gasteiger partial charge in [-0.3, -0.25) is 10.1 Å². The molecular weight excluding hydrogens is 296 g/mol. The Bertz CT molecular complexity index is 720. The molecule has 0 spiro atoms. The van der Waals surface area contributed by atoms with Crippen molar-refractivity contribution >= 4 is 23.0 Å². The van der Waals surface area contributed by atoms with Gasteiger partial charge in [-0.2, -0.15) is 0 Å². The number of aromatic hydroxyl groups is 1. The van der Waals surface area contributed by atoms with Gasteiger partial charge in [-0.1, -0.05) is 11.6 Å². The highest BCUT2D eigenvalue weighted by Crippen LogP contribution is 2.38. The number of ether oxygens (including phenoxy) is 1.